The van der Waals surface area contributed by atoms with Crippen LogP contribution in [-0.2, 0) is 10.2 Å². The first kappa shape index (κ1) is 17.5. The van der Waals surface area contributed by atoms with Gasteiger partial charge in [-0.2, -0.15) is 0 Å². The Morgan fingerprint density at radius 1 is 1.19 bits per heavy atom. The van der Waals surface area contributed by atoms with Gasteiger partial charge in [-0.05, 0) is 43.2 Å². The van der Waals surface area contributed by atoms with Crippen molar-refractivity contribution in [1.29, 1.82) is 0 Å². The van der Waals surface area contributed by atoms with Crippen molar-refractivity contribution < 1.29 is 14.3 Å². The van der Waals surface area contributed by atoms with Gasteiger partial charge in [0.25, 0.3) is 0 Å². The number of fused-ring (bicyclic) bond motifs is 2. The number of carbonyl (C=O) groups is 2. The van der Waals surface area contributed by atoms with Gasteiger partial charge in [-0.3, -0.25) is 9.59 Å². The molecule has 2 unspecified atom stereocenters. The number of amides is 1. The maximum absolute atomic E-state index is 12.8. The number of ether oxygens (including phenoxy) is 1. The Balaban J connectivity index is 1.50. The molecule has 1 amide bonds. The molecule has 0 aliphatic carbocycles. The molecular weight excluding hydrogens is 342 g/mol. The van der Waals surface area contributed by atoms with Crippen LogP contribution in [0.15, 0.2) is 42.5 Å². The van der Waals surface area contributed by atoms with Crippen LogP contribution < -0.4 is 20.7 Å². The first-order valence-corrected chi connectivity index (χ1v) is 9.09. The van der Waals surface area contributed by atoms with Crippen LogP contribution in [0.1, 0.15) is 29.3 Å². The molecular formula is C21H23N3O3. The van der Waals surface area contributed by atoms with Gasteiger partial charge in [-0.1, -0.05) is 18.2 Å². The monoisotopic (exact) mass is 365 g/mol. The van der Waals surface area contributed by atoms with Crippen LogP contribution in [-0.4, -0.2) is 37.9 Å². The van der Waals surface area contributed by atoms with Gasteiger partial charge in [0.05, 0.1) is 18.8 Å². The SMILES string of the molecule is COc1cc(C(C)=O)ccc1NC(=O)C1CC2(CNc3ccccc32)CN1. The van der Waals surface area contributed by atoms with Gasteiger partial charge in [0.15, 0.2) is 5.78 Å². The number of benzene rings is 2. The molecule has 0 radical (unpaired) electrons. The van der Waals surface area contributed by atoms with E-state index in [-0.39, 0.29) is 23.1 Å². The van der Waals surface area contributed by atoms with E-state index in [1.54, 1.807) is 18.2 Å². The first-order valence-electron chi connectivity index (χ1n) is 9.09. The lowest BCUT2D eigenvalue weighted by molar-refractivity contribution is -0.117. The molecule has 2 heterocycles. The zero-order valence-corrected chi connectivity index (χ0v) is 15.5. The van der Waals surface area contributed by atoms with Gasteiger partial charge < -0.3 is 20.7 Å². The van der Waals surface area contributed by atoms with E-state index in [9.17, 15) is 9.59 Å². The van der Waals surface area contributed by atoms with E-state index in [4.69, 9.17) is 4.74 Å². The average molecular weight is 365 g/mol. The Morgan fingerprint density at radius 2 is 2.00 bits per heavy atom. The average Bonchev–Trinajstić information content (AvgIpc) is 3.27. The quantitative estimate of drug-likeness (QED) is 0.726. The first-order chi connectivity index (χ1) is 13.0. The molecule has 140 valence electrons. The number of nitrogens with one attached hydrogen (secondary N) is 3. The molecule has 1 saturated heterocycles. The highest BCUT2D eigenvalue weighted by atomic mass is 16.5. The fourth-order valence-corrected chi connectivity index (χ4v) is 4.07. The van der Waals surface area contributed by atoms with Crippen molar-refractivity contribution in [2.24, 2.45) is 0 Å². The topological polar surface area (TPSA) is 79.5 Å². The van der Waals surface area contributed by atoms with Crippen molar-refractivity contribution in [3.8, 4) is 5.75 Å². The Labute approximate surface area is 158 Å². The number of methoxy groups -OCH3 is 1. The summed E-state index contributed by atoms with van der Waals surface area (Å²) < 4.78 is 5.34. The van der Waals surface area contributed by atoms with Gasteiger partial charge in [0, 0.05) is 29.8 Å². The van der Waals surface area contributed by atoms with Crippen LogP contribution in [0.25, 0.3) is 0 Å². The van der Waals surface area contributed by atoms with E-state index < -0.39 is 0 Å². The molecule has 2 atom stereocenters. The minimum absolute atomic E-state index is 0.0435. The van der Waals surface area contributed by atoms with E-state index in [0.717, 1.165) is 25.2 Å². The van der Waals surface area contributed by atoms with E-state index >= 15 is 0 Å². The molecule has 4 rings (SSSR count). The van der Waals surface area contributed by atoms with Crippen molar-refractivity contribution >= 4 is 23.1 Å². The lowest BCUT2D eigenvalue weighted by atomic mass is 9.80. The number of carbonyl (C=O) groups excluding carboxylic acids is 2. The Kier molecular flexibility index (Phi) is 4.36. The summed E-state index contributed by atoms with van der Waals surface area (Å²) in [6.45, 7) is 3.09. The van der Waals surface area contributed by atoms with Crippen LogP contribution in [0.4, 0.5) is 11.4 Å². The second-order valence-corrected chi connectivity index (χ2v) is 7.28. The zero-order valence-electron chi connectivity index (χ0n) is 15.5. The summed E-state index contributed by atoms with van der Waals surface area (Å²) in [6.07, 6.45) is 0.733. The minimum atomic E-state index is -0.282. The number of rotatable bonds is 4. The van der Waals surface area contributed by atoms with Crippen molar-refractivity contribution in [2.75, 3.05) is 30.8 Å². The molecule has 1 fully saturated rings. The lowest BCUT2D eigenvalue weighted by Gasteiger charge is -2.22. The minimum Gasteiger partial charge on any atom is -0.495 e. The Bertz CT molecular complexity index is 911. The summed E-state index contributed by atoms with van der Waals surface area (Å²) in [5, 5.41) is 9.77. The Morgan fingerprint density at radius 3 is 2.78 bits per heavy atom. The predicted molar refractivity (Wildman–Crippen MR) is 105 cm³/mol. The highest BCUT2D eigenvalue weighted by Crippen LogP contribution is 2.42. The van der Waals surface area contributed by atoms with E-state index in [0.29, 0.717) is 17.0 Å². The fraction of sp³-hybridized carbons (Fsp3) is 0.333. The molecule has 2 aromatic rings. The summed E-state index contributed by atoms with van der Waals surface area (Å²) in [4.78, 5) is 24.4. The summed E-state index contributed by atoms with van der Waals surface area (Å²) in [7, 11) is 1.53. The normalized spacial score (nSPS) is 23.0. The number of hydrogen-bond acceptors (Lipinski definition) is 5. The van der Waals surface area contributed by atoms with Crippen LogP contribution in [0.2, 0.25) is 0 Å². The van der Waals surface area contributed by atoms with Gasteiger partial charge in [0.2, 0.25) is 5.91 Å². The van der Waals surface area contributed by atoms with Crippen LogP contribution >= 0.6 is 0 Å². The number of hydrogen-bond donors (Lipinski definition) is 3. The second-order valence-electron chi connectivity index (χ2n) is 7.28. The van der Waals surface area contributed by atoms with Gasteiger partial charge in [-0.15, -0.1) is 0 Å². The second kappa shape index (κ2) is 6.70. The van der Waals surface area contributed by atoms with E-state index in [1.807, 2.05) is 12.1 Å². The molecule has 0 saturated carbocycles. The van der Waals surface area contributed by atoms with Crippen molar-refractivity contribution in [3.63, 3.8) is 0 Å². The van der Waals surface area contributed by atoms with Crippen molar-refractivity contribution in [3.05, 3.63) is 53.6 Å². The molecule has 2 aliphatic heterocycles. The smallest absolute Gasteiger partial charge is 0.241 e. The fourth-order valence-electron chi connectivity index (χ4n) is 4.07. The summed E-state index contributed by atoms with van der Waals surface area (Å²) in [5.74, 6) is 0.347. The van der Waals surface area contributed by atoms with Crippen molar-refractivity contribution in [2.45, 2.75) is 24.8 Å². The van der Waals surface area contributed by atoms with Crippen LogP contribution in [0.5, 0.6) is 5.75 Å². The number of anilines is 2. The number of Topliss-reactive ketones (excluding diaryl/α,β-unsaturated/α-hetero) is 1. The zero-order chi connectivity index (χ0) is 19.0. The number of ketones is 1. The van der Waals surface area contributed by atoms with Gasteiger partial charge >= 0.3 is 0 Å². The summed E-state index contributed by atoms with van der Waals surface area (Å²) >= 11 is 0. The predicted octanol–water partition coefficient (Wildman–Crippen LogP) is 2.56. The van der Waals surface area contributed by atoms with E-state index in [1.165, 1.54) is 19.6 Å². The molecule has 1 spiro atoms. The highest BCUT2D eigenvalue weighted by Gasteiger charge is 2.46. The highest BCUT2D eigenvalue weighted by molar-refractivity contribution is 5.99. The molecule has 0 bridgehead atoms. The van der Waals surface area contributed by atoms with Gasteiger partial charge in [-0.25, -0.2) is 0 Å². The molecule has 27 heavy (non-hydrogen) atoms. The Hall–Kier alpha value is -2.86. The maximum atomic E-state index is 12.8. The van der Waals surface area contributed by atoms with Crippen molar-refractivity contribution in [1.82, 2.24) is 5.32 Å². The largest absolute Gasteiger partial charge is 0.495 e. The third-order valence-electron chi connectivity index (χ3n) is 5.58. The standard InChI is InChI=1S/C21H23N3O3/c1-13(25)14-7-8-17(19(9-14)27-2)24-20(26)18-10-21(12-23-18)11-22-16-6-4-3-5-15(16)21/h3-9,18,22-23H,10-12H2,1-2H3,(H,24,26). The lowest BCUT2D eigenvalue weighted by Crippen LogP contribution is -2.35. The molecule has 6 heteroatoms. The molecule has 6 nitrogen and oxygen atoms in total. The molecule has 2 aromatic carbocycles. The molecule has 2 aliphatic rings. The summed E-state index contributed by atoms with van der Waals surface area (Å²) in [6, 6.07) is 13.1. The molecule has 3 N–H and O–H groups in total. The van der Waals surface area contributed by atoms with Crippen LogP contribution in [0.3, 0.4) is 0 Å². The maximum Gasteiger partial charge on any atom is 0.241 e. The third-order valence-corrected chi connectivity index (χ3v) is 5.58. The summed E-state index contributed by atoms with van der Waals surface area (Å²) in [5.41, 5.74) is 3.50. The van der Waals surface area contributed by atoms with E-state index in [2.05, 4.69) is 28.1 Å². The third kappa shape index (κ3) is 3.06. The molecule has 0 aromatic heterocycles. The number of para-hydroxylation sites is 1. The van der Waals surface area contributed by atoms with Gasteiger partial charge in [0.1, 0.15) is 5.75 Å². The van der Waals surface area contributed by atoms with Crippen LogP contribution in [0, 0.1) is 0 Å².